The van der Waals surface area contributed by atoms with Gasteiger partial charge in [-0.25, -0.2) is 0 Å². The molecule has 3 aliphatic heterocycles. The van der Waals surface area contributed by atoms with Crippen molar-refractivity contribution < 1.29 is 33.2 Å². The van der Waals surface area contributed by atoms with Gasteiger partial charge < -0.3 is 33.7 Å². The number of rotatable bonds is 3. The number of ether oxygens (including phenoxy) is 6. The van der Waals surface area contributed by atoms with E-state index in [2.05, 4.69) is 21.7 Å². The summed E-state index contributed by atoms with van der Waals surface area (Å²) in [7, 11) is 0. The van der Waals surface area contributed by atoms with E-state index in [0.717, 1.165) is 19.6 Å². The number of carbonyl (C=O) groups is 1. The fourth-order valence-corrected chi connectivity index (χ4v) is 3.42. The summed E-state index contributed by atoms with van der Waals surface area (Å²) in [6, 6.07) is -0.0214. The number of hydrogen-bond donors (Lipinski definition) is 1. The van der Waals surface area contributed by atoms with Crippen LogP contribution in [0.25, 0.3) is 0 Å². The third-order valence-electron chi connectivity index (χ3n) is 5.34. The molecule has 1 N–H and O–H groups in total. The minimum atomic E-state index is -0.200. The molecule has 0 aromatic carbocycles. The molecule has 0 saturated carbocycles. The van der Waals surface area contributed by atoms with E-state index < -0.39 is 0 Å². The van der Waals surface area contributed by atoms with Gasteiger partial charge in [0, 0.05) is 39.3 Å². The summed E-state index contributed by atoms with van der Waals surface area (Å²) in [6.07, 6.45) is 1.28. The van der Waals surface area contributed by atoms with Crippen LogP contribution in [0.15, 0.2) is 12.7 Å². The molecule has 10 heteroatoms. The summed E-state index contributed by atoms with van der Waals surface area (Å²) in [6.45, 7) is 14.6. The van der Waals surface area contributed by atoms with Crippen LogP contribution in [0.5, 0.6) is 0 Å². The maximum atomic E-state index is 11.7. The van der Waals surface area contributed by atoms with E-state index in [1.54, 1.807) is 0 Å². The van der Waals surface area contributed by atoms with Gasteiger partial charge in [0.05, 0.1) is 85.3 Å². The molecule has 186 valence electrons. The largest absolute Gasteiger partial charge is 0.378 e. The van der Waals surface area contributed by atoms with Gasteiger partial charge in [0.1, 0.15) is 0 Å². The third-order valence-corrected chi connectivity index (χ3v) is 5.34. The Morgan fingerprint density at radius 1 is 0.719 bits per heavy atom. The molecule has 0 aliphatic carbocycles. The summed E-state index contributed by atoms with van der Waals surface area (Å²) in [5.41, 5.74) is 0. The lowest BCUT2D eigenvalue weighted by atomic mass is 10.2. The van der Waals surface area contributed by atoms with Crippen molar-refractivity contribution in [1.82, 2.24) is 15.1 Å². The molecule has 0 radical (unpaired) electrons. The molecule has 10 nitrogen and oxygen atoms in total. The number of amides is 1. The summed E-state index contributed by atoms with van der Waals surface area (Å²) in [4.78, 5) is 16.2. The molecule has 1 unspecified atom stereocenters. The molecule has 3 fully saturated rings. The Bertz CT molecular complexity index is 478. The first-order valence-electron chi connectivity index (χ1n) is 11.6. The maximum Gasteiger partial charge on any atom is 0.243 e. The number of carbonyl (C=O) groups excluding carboxylic acids is 1. The monoisotopic (exact) mass is 459 g/mol. The zero-order valence-electron chi connectivity index (χ0n) is 19.3. The van der Waals surface area contributed by atoms with Crippen molar-refractivity contribution in [3.8, 4) is 0 Å². The zero-order valence-corrected chi connectivity index (χ0v) is 19.3. The van der Waals surface area contributed by atoms with Crippen LogP contribution in [0.4, 0.5) is 0 Å². The number of nitrogens with zero attached hydrogens (tertiary/aromatic N) is 2. The molecule has 1 atom stereocenters. The van der Waals surface area contributed by atoms with Crippen LogP contribution in [0, 0.1) is 0 Å². The highest BCUT2D eigenvalue weighted by atomic mass is 16.5. The van der Waals surface area contributed by atoms with Gasteiger partial charge in [-0.05, 0) is 6.08 Å². The second-order valence-electron chi connectivity index (χ2n) is 7.62. The van der Waals surface area contributed by atoms with E-state index in [-0.39, 0.29) is 11.9 Å². The number of hydrogen-bond acceptors (Lipinski definition) is 9. The summed E-state index contributed by atoms with van der Waals surface area (Å²) in [5.74, 6) is -0.200. The lowest BCUT2D eigenvalue weighted by molar-refractivity contribution is -0.116. The van der Waals surface area contributed by atoms with Crippen molar-refractivity contribution in [3.05, 3.63) is 12.7 Å². The van der Waals surface area contributed by atoms with E-state index >= 15 is 0 Å². The van der Waals surface area contributed by atoms with Crippen molar-refractivity contribution in [3.63, 3.8) is 0 Å². The Hall–Kier alpha value is -1.11. The van der Waals surface area contributed by atoms with Crippen LogP contribution in [0.2, 0.25) is 0 Å². The van der Waals surface area contributed by atoms with Crippen molar-refractivity contribution in [1.29, 1.82) is 0 Å². The van der Waals surface area contributed by atoms with Gasteiger partial charge in [0.25, 0.3) is 0 Å². The highest BCUT2D eigenvalue weighted by Gasteiger charge is 2.20. The van der Waals surface area contributed by atoms with E-state index in [1.165, 1.54) is 6.08 Å². The van der Waals surface area contributed by atoms with Gasteiger partial charge in [0.2, 0.25) is 5.91 Å². The molecular formula is C22H41N3O7. The average Bonchev–Trinajstić information content (AvgIpc) is 2.80. The quantitative estimate of drug-likeness (QED) is 0.555. The van der Waals surface area contributed by atoms with Gasteiger partial charge >= 0.3 is 0 Å². The first-order chi connectivity index (χ1) is 15.8. The standard InChI is InChI=1S/C22H41N3O7/c1-2-22(26)23-19-21-20-32-18-17-29-10-5-24-3-8-27-13-15-30-11-6-25(21)7-12-31-16-14-28-9-4-24/h2,21H,1,3-20H2,(H,23,26). The molecule has 1 amide bonds. The highest BCUT2D eigenvalue weighted by Crippen LogP contribution is 2.03. The molecule has 3 rings (SSSR count). The molecule has 2 bridgehead atoms. The Labute approximate surface area is 192 Å². The number of fused-ring (bicyclic) bond motifs is 21. The Morgan fingerprint density at radius 3 is 1.62 bits per heavy atom. The van der Waals surface area contributed by atoms with E-state index in [4.69, 9.17) is 28.4 Å². The second-order valence-corrected chi connectivity index (χ2v) is 7.62. The molecule has 3 heterocycles. The summed E-state index contributed by atoms with van der Waals surface area (Å²) < 4.78 is 34.7. The van der Waals surface area contributed by atoms with Gasteiger partial charge in [-0.1, -0.05) is 6.58 Å². The van der Waals surface area contributed by atoms with Crippen LogP contribution in [0.3, 0.4) is 0 Å². The van der Waals surface area contributed by atoms with Crippen LogP contribution in [-0.2, 0) is 33.2 Å². The first-order valence-corrected chi connectivity index (χ1v) is 11.6. The molecular weight excluding hydrogens is 418 g/mol. The third kappa shape index (κ3) is 12.8. The van der Waals surface area contributed by atoms with Crippen LogP contribution < -0.4 is 5.32 Å². The predicted molar refractivity (Wildman–Crippen MR) is 120 cm³/mol. The normalized spacial score (nSPS) is 28.9. The second kappa shape index (κ2) is 18.3. The summed E-state index contributed by atoms with van der Waals surface area (Å²) >= 11 is 0. The van der Waals surface area contributed by atoms with Gasteiger partial charge in [-0.3, -0.25) is 14.6 Å². The van der Waals surface area contributed by atoms with E-state index in [0.29, 0.717) is 98.9 Å². The molecule has 32 heavy (non-hydrogen) atoms. The number of nitrogens with one attached hydrogen (secondary N) is 1. The molecule has 3 aliphatic rings. The fourth-order valence-electron chi connectivity index (χ4n) is 3.42. The highest BCUT2D eigenvalue weighted by molar-refractivity contribution is 5.86. The van der Waals surface area contributed by atoms with Gasteiger partial charge in [-0.2, -0.15) is 0 Å². The predicted octanol–water partition coefficient (Wildman–Crippen LogP) is -0.612. The summed E-state index contributed by atoms with van der Waals surface area (Å²) in [5, 5.41) is 2.89. The Kier molecular flexibility index (Phi) is 15.5. The smallest absolute Gasteiger partial charge is 0.243 e. The van der Waals surface area contributed by atoms with Crippen LogP contribution >= 0.6 is 0 Å². The van der Waals surface area contributed by atoms with E-state index in [9.17, 15) is 4.79 Å². The SMILES string of the molecule is C=CC(=O)NCC1COCCOCCN2CCOCCOCCN1CCOCCOCC2. The lowest BCUT2D eigenvalue weighted by Crippen LogP contribution is -2.49. The molecule has 3 saturated heterocycles. The molecule has 0 aromatic rings. The van der Waals surface area contributed by atoms with Crippen molar-refractivity contribution in [2.75, 3.05) is 119 Å². The zero-order chi connectivity index (χ0) is 22.7. The minimum Gasteiger partial charge on any atom is -0.378 e. The topological polar surface area (TPSA) is 91.0 Å². The van der Waals surface area contributed by atoms with Crippen molar-refractivity contribution in [2.45, 2.75) is 6.04 Å². The van der Waals surface area contributed by atoms with E-state index in [1.807, 2.05) is 0 Å². The fraction of sp³-hybridized carbons (Fsp3) is 0.864. The van der Waals surface area contributed by atoms with Gasteiger partial charge in [-0.15, -0.1) is 0 Å². The average molecular weight is 460 g/mol. The Morgan fingerprint density at radius 2 is 1.16 bits per heavy atom. The van der Waals surface area contributed by atoms with Crippen LogP contribution in [0.1, 0.15) is 0 Å². The Balaban J connectivity index is 2.03. The van der Waals surface area contributed by atoms with Crippen molar-refractivity contribution in [2.24, 2.45) is 0 Å². The minimum absolute atomic E-state index is 0.0214. The van der Waals surface area contributed by atoms with Crippen LogP contribution in [-0.4, -0.2) is 140 Å². The molecule has 0 aromatic heterocycles. The first kappa shape index (κ1) is 27.1. The van der Waals surface area contributed by atoms with Crippen molar-refractivity contribution >= 4 is 5.91 Å². The van der Waals surface area contributed by atoms with Gasteiger partial charge in [0.15, 0.2) is 0 Å². The molecule has 0 spiro atoms. The lowest BCUT2D eigenvalue weighted by Gasteiger charge is -2.32. The maximum absolute atomic E-state index is 11.7.